The molecule has 4 rings (SSSR count). The van der Waals surface area contributed by atoms with Crippen molar-refractivity contribution in [3.63, 3.8) is 0 Å². The van der Waals surface area contributed by atoms with Gasteiger partial charge in [-0.2, -0.15) is 11.3 Å². The highest BCUT2D eigenvalue weighted by Crippen LogP contribution is 2.32. The van der Waals surface area contributed by atoms with Crippen molar-refractivity contribution in [3.8, 4) is 5.75 Å². The topological polar surface area (TPSA) is 69.9 Å². The predicted molar refractivity (Wildman–Crippen MR) is 118 cm³/mol. The molecule has 30 heavy (non-hydrogen) atoms. The molecule has 0 N–H and O–H groups in total. The molecule has 154 valence electrons. The molecule has 0 spiro atoms. The van der Waals surface area contributed by atoms with Crippen LogP contribution in [-0.4, -0.2) is 24.3 Å². The summed E-state index contributed by atoms with van der Waals surface area (Å²) in [7, 11) is 1.58. The minimum Gasteiger partial charge on any atom is -0.497 e. The molecule has 1 aliphatic rings. The van der Waals surface area contributed by atoms with Crippen LogP contribution in [0, 0.1) is 0 Å². The standard InChI is InChI=1S/C22H20N2O4S2/c1-4-28-21(26)18-13(2)23-22-24(19(18)15-6-5-7-16(11-15)27-3)20(25)17(30-22)10-14-8-9-29-12-14/h5-12,19H,4H2,1-3H3/b17-10+/t19-/m1/s1. The first kappa shape index (κ1) is 20.3. The van der Waals surface area contributed by atoms with E-state index in [1.807, 2.05) is 47.2 Å². The fourth-order valence-electron chi connectivity index (χ4n) is 3.43. The molecule has 0 saturated carbocycles. The Morgan fingerprint density at radius 2 is 2.17 bits per heavy atom. The summed E-state index contributed by atoms with van der Waals surface area (Å²) in [6.45, 7) is 3.77. The van der Waals surface area contributed by atoms with Crippen LogP contribution >= 0.6 is 22.7 Å². The van der Waals surface area contributed by atoms with E-state index in [0.29, 0.717) is 26.4 Å². The highest BCUT2D eigenvalue weighted by molar-refractivity contribution is 7.08. The van der Waals surface area contributed by atoms with E-state index in [2.05, 4.69) is 4.99 Å². The molecule has 1 aliphatic heterocycles. The van der Waals surface area contributed by atoms with Crippen molar-refractivity contribution in [3.05, 3.63) is 83.2 Å². The number of esters is 1. The number of fused-ring (bicyclic) bond motifs is 1. The van der Waals surface area contributed by atoms with Gasteiger partial charge in [-0.15, -0.1) is 0 Å². The second kappa shape index (κ2) is 8.41. The number of methoxy groups -OCH3 is 1. The summed E-state index contributed by atoms with van der Waals surface area (Å²) in [5.41, 5.74) is 2.44. The number of benzene rings is 1. The maximum atomic E-state index is 13.4. The molecule has 1 atom stereocenters. The smallest absolute Gasteiger partial charge is 0.338 e. The van der Waals surface area contributed by atoms with E-state index >= 15 is 0 Å². The van der Waals surface area contributed by atoms with Crippen LogP contribution < -0.4 is 19.6 Å². The summed E-state index contributed by atoms with van der Waals surface area (Å²) in [4.78, 5) is 31.4. The lowest BCUT2D eigenvalue weighted by Gasteiger charge is -2.24. The SMILES string of the molecule is CCOC(=O)C1=C(C)N=c2s/c(=C/c3ccsc3)c(=O)n2[C@@H]1c1cccc(OC)c1. The summed E-state index contributed by atoms with van der Waals surface area (Å²) in [6.07, 6.45) is 1.85. The molecule has 8 heteroatoms. The van der Waals surface area contributed by atoms with Crippen LogP contribution in [0.1, 0.15) is 31.0 Å². The van der Waals surface area contributed by atoms with Crippen molar-refractivity contribution in [2.45, 2.75) is 19.9 Å². The lowest BCUT2D eigenvalue weighted by molar-refractivity contribution is -0.139. The molecule has 0 fully saturated rings. The number of rotatable bonds is 5. The first-order valence-corrected chi connectivity index (χ1v) is 11.1. The number of ether oxygens (including phenoxy) is 2. The first-order chi connectivity index (χ1) is 14.5. The molecule has 3 aromatic rings. The van der Waals surface area contributed by atoms with Crippen LogP contribution in [0.25, 0.3) is 6.08 Å². The zero-order valence-corrected chi connectivity index (χ0v) is 18.4. The molecule has 0 saturated heterocycles. The highest BCUT2D eigenvalue weighted by Gasteiger charge is 2.33. The maximum Gasteiger partial charge on any atom is 0.338 e. The first-order valence-electron chi connectivity index (χ1n) is 9.39. The van der Waals surface area contributed by atoms with Gasteiger partial charge < -0.3 is 9.47 Å². The number of hydrogen-bond acceptors (Lipinski definition) is 7. The number of allylic oxidation sites excluding steroid dienone is 1. The van der Waals surface area contributed by atoms with E-state index < -0.39 is 12.0 Å². The van der Waals surface area contributed by atoms with Gasteiger partial charge in [-0.3, -0.25) is 9.36 Å². The Bertz CT molecular complexity index is 1300. The molecule has 0 amide bonds. The zero-order chi connectivity index (χ0) is 21.3. The van der Waals surface area contributed by atoms with Gasteiger partial charge in [-0.05, 0) is 60.0 Å². The van der Waals surface area contributed by atoms with Gasteiger partial charge in [0.1, 0.15) is 5.75 Å². The minimum absolute atomic E-state index is 0.188. The fraction of sp³-hybridized carbons (Fsp3) is 0.227. The van der Waals surface area contributed by atoms with E-state index in [0.717, 1.165) is 11.1 Å². The van der Waals surface area contributed by atoms with Crippen molar-refractivity contribution in [2.75, 3.05) is 13.7 Å². The number of hydrogen-bond donors (Lipinski definition) is 0. The Labute approximate surface area is 181 Å². The Morgan fingerprint density at radius 3 is 2.87 bits per heavy atom. The van der Waals surface area contributed by atoms with Gasteiger partial charge in [0.25, 0.3) is 5.56 Å². The van der Waals surface area contributed by atoms with E-state index in [4.69, 9.17) is 9.47 Å². The number of thiazole rings is 1. The quantitative estimate of drug-likeness (QED) is 0.572. The largest absolute Gasteiger partial charge is 0.497 e. The molecule has 0 radical (unpaired) electrons. The van der Waals surface area contributed by atoms with Crippen LogP contribution in [0.15, 0.2) is 62.1 Å². The summed E-state index contributed by atoms with van der Waals surface area (Å²) in [5, 5.41) is 3.94. The van der Waals surface area contributed by atoms with Crippen molar-refractivity contribution in [1.29, 1.82) is 0 Å². The van der Waals surface area contributed by atoms with Crippen LogP contribution in [0.4, 0.5) is 0 Å². The van der Waals surface area contributed by atoms with Crippen LogP contribution in [-0.2, 0) is 9.53 Å². The number of carbonyl (C=O) groups excluding carboxylic acids is 1. The molecule has 0 aliphatic carbocycles. The molecule has 3 heterocycles. The second-order valence-electron chi connectivity index (χ2n) is 6.64. The second-order valence-corrected chi connectivity index (χ2v) is 8.42. The lowest BCUT2D eigenvalue weighted by Crippen LogP contribution is -2.39. The Morgan fingerprint density at radius 1 is 1.33 bits per heavy atom. The third kappa shape index (κ3) is 3.64. The van der Waals surface area contributed by atoms with Gasteiger partial charge in [0, 0.05) is 0 Å². The van der Waals surface area contributed by atoms with Crippen LogP contribution in [0.5, 0.6) is 5.75 Å². The number of aromatic nitrogens is 1. The van der Waals surface area contributed by atoms with Crippen LogP contribution in [0.2, 0.25) is 0 Å². The van der Waals surface area contributed by atoms with Crippen molar-refractivity contribution >= 4 is 34.7 Å². The Balaban J connectivity index is 1.98. The van der Waals surface area contributed by atoms with Crippen molar-refractivity contribution in [1.82, 2.24) is 4.57 Å². The van der Waals surface area contributed by atoms with Gasteiger partial charge in [0.2, 0.25) is 0 Å². The number of carbonyl (C=O) groups is 1. The summed E-state index contributed by atoms with van der Waals surface area (Å²) < 4.78 is 12.8. The Hall–Kier alpha value is -2.97. The summed E-state index contributed by atoms with van der Waals surface area (Å²) in [6, 6.07) is 8.69. The Kier molecular flexibility index (Phi) is 5.69. The van der Waals surface area contributed by atoms with Gasteiger partial charge >= 0.3 is 5.97 Å². The zero-order valence-electron chi connectivity index (χ0n) is 16.7. The van der Waals surface area contributed by atoms with E-state index in [1.165, 1.54) is 11.3 Å². The molecule has 6 nitrogen and oxygen atoms in total. The molecule has 0 unspecified atom stereocenters. The predicted octanol–water partition coefficient (Wildman–Crippen LogP) is 2.87. The number of thiophene rings is 1. The monoisotopic (exact) mass is 440 g/mol. The normalized spacial score (nSPS) is 16.2. The van der Waals surface area contributed by atoms with Gasteiger partial charge in [-0.25, -0.2) is 9.79 Å². The van der Waals surface area contributed by atoms with Crippen LogP contribution in [0.3, 0.4) is 0 Å². The molecular formula is C22H20N2O4S2. The fourth-order valence-corrected chi connectivity index (χ4v) is 5.09. The summed E-state index contributed by atoms with van der Waals surface area (Å²) >= 11 is 2.88. The lowest BCUT2D eigenvalue weighted by atomic mass is 9.95. The van der Waals surface area contributed by atoms with E-state index in [1.54, 1.807) is 36.9 Å². The average Bonchev–Trinajstić information content (AvgIpc) is 3.35. The third-order valence-electron chi connectivity index (χ3n) is 4.77. The van der Waals surface area contributed by atoms with Crippen molar-refractivity contribution < 1.29 is 14.3 Å². The van der Waals surface area contributed by atoms with Crippen molar-refractivity contribution in [2.24, 2.45) is 4.99 Å². The van der Waals surface area contributed by atoms with E-state index in [-0.39, 0.29) is 12.2 Å². The van der Waals surface area contributed by atoms with E-state index in [9.17, 15) is 9.59 Å². The number of nitrogens with zero attached hydrogens (tertiary/aromatic N) is 2. The highest BCUT2D eigenvalue weighted by atomic mass is 32.1. The minimum atomic E-state index is -0.639. The molecule has 2 aromatic heterocycles. The molecule has 0 bridgehead atoms. The molecular weight excluding hydrogens is 420 g/mol. The third-order valence-corrected chi connectivity index (χ3v) is 6.45. The van der Waals surface area contributed by atoms with Gasteiger partial charge in [0.05, 0.1) is 35.6 Å². The molecule has 1 aromatic carbocycles. The van der Waals surface area contributed by atoms with Gasteiger partial charge in [-0.1, -0.05) is 23.5 Å². The maximum absolute atomic E-state index is 13.4. The average molecular weight is 441 g/mol. The van der Waals surface area contributed by atoms with Gasteiger partial charge in [0.15, 0.2) is 4.80 Å². The summed E-state index contributed by atoms with van der Waals surface area (Å²) in [5.74, 6) is 0.171.